The molecule has 6 heteroatoms. The van der Waals surface area contributed by atoms with Gasteiger partial charge in [0.15, 0.2) is 0 Å². The van der Waals surface area contributed by atoms with E-state index in [0.29, 0.717) is 24.3 Å². The first-order chi connectivity index (χ1) is 18.6. The molecule has 198 valence electrons. The van der Waals surface area contributed by atoms with E-state index in [-0.39, 0.29) is 0 Å². The van der Waals surface area contributed by atoms with Crippen molar-refractivity contribution < 1.29 is 14.3 Å². The Morgan fingerprint density at radius 2 is 1.74 bits per heavy atom. The molecule has 2 aliphatic heterocycles. The van der Waals surface area contributed by atoms with Crippen molar-refractivity contribution in [1.29, 1.82) is 0 Å². The predicted octanol–water partition coefficient (Wildman–Crippen LogP) is 7.35. The molecule has 2 aromatic carbocycles. The number of halogens is 1. The molecule has 0 spiro atoms. The molecule has 7 rings (SSSR count). The molecule has 5 nitrogen and oxygen atoms in total. The third-order valence-corrected chi connectivity index (χ3v) is 9.29. The lowest BCUT2D eigenvalue weighted by molar-refractivity contribution is 0.0697. The van der Waals surface area contributed by atoms with Crippen molar-refractivity contribution in [2.24, 2.45) is 0 Å². The first kappa shape index (κ1) is 24.0. The largest absolute Gasteiger partial charge is 0.478 e. The third kappa shape index (κ3) is 3.96. The van der Waals surface area contributed by atoms with Gasteiger partial charge in [-0.1, -0.05) is 43.5 Å². The molecule has 38 heavy (non-hydrogen) atoms. The number of aromatic nitrogens is 2. The molecule has 1 aliphatic carbocycles. The van der Waals surface area contributed by atoms with E-state index in [1.165, 1.54) is 70.8 Å². The zero-order chi connectivity index (χ0) is 25.8. The van der Waals surface area contributed by atoms with Crippen LogP contribution in [0.1, 0.15) is 78.8 Å². The fraction of sp³-hybridized carbons (Fsp3) is 0.469. The van der Waals surface area contributed by atoms with E-state index < -0.39 is 12.1 Å². The molecule has 4 heterocycles. The zero-order valence-corrected chi connectivity index (χ0v) is 22.0. The Kier molecular flexibility index (Phi) is 6.03. The van der Waals surface area contributed by atoms with E-state index in [1.54, 1.807) is 6.07 Å². The molecule has 1 N–H and O–H groups in total. The SMILES string of the molecule is O=C(O)c1ccc2c(C3CCCCC3)c3n(c2c1)CCCn1cc(CN2CCC(F)CC2)c2cccc-3c21. The molecule has 4 aromatic rings. The number of hydrogen-bond acceptors (Lipinski definition) is 2. The van der Waals surface area contributed by atoms with Gasteiger partial charge in [0.25, 0.3) is 0 Å². The van der Waals surface area contributed by atoms with Crippen molar-refractivity contribution in [2.45, 2.75) is 83.1 Å². The van der Waals surface area contributed by atoms with Gasteiger partial charge in [-0.25, -0.2) is 9.18 Å². The van der Waals surface area contributed by atoms with Crippen LogP contribution in [-0.4, -0.2) is 44.4 Å². The first-order valence-electron chi connectivity index (χ1n) is 14.5. The summed E-state index contributed by atoms with van der Waals surface area (Å²) in [5.74, 6) is -0.373. The Labute approximate surface area is 222 Å². The molecular formula is C32H36FN3O2. The Balaban J connectivity index is 1.44. The highest BCUT2D eigenvalue weighted by Crippen LogP contribution is 2.47. The van der Waals surface area contributed by atoms with E-state index in [9.17, 15) is 14.3 Å². The van der Waals surface area contributed by atoms with E-state index in [4.69, 9.17) is 0 Å². The first-order valence-corrected chi connectivity index (χ1v) is 14.5. The van der Waals surface area contributed by atoms with E-state index in [0.717, 1.165) is 44.7 Å². The number of piperidine rings is 1. The lowest BCUT2D eigenvalue weighted by atomic mass is 9.81. The summed E-state index contributed by atoms with van der Waals surface area (Å²) in [6.45, 7) is 4.30. The van der Waals surface area contributed by atoms with Crippen molar-refractivity contribution >= 4 is 27.8 Å². The van der Waals surface area contributed by atoms with Gasteiger partial charge in [0.1, 0.15) is 6.17 Å². The number of nitrogens with zero attached hydrogens (tertiary/aromatic N) is 3. The van der Waals surface area contributed by atoms with Gasteiger partial charge >= 0.3 is 5.97 Å². The van der Waals surface area contributed by atoms with Crippen LogP contribution in [0, 0.1) is 0 Å². The predicted molar refractivity (Wildman–Crippen MR) is 150 cm³/mol. The van der Waals surface area contributed by atoms with E-state index in [2.05, 4.69) is 44.5 Å². The van der Waals surface area contributed by atoms with Crippen LogP contribution in [0.5, 0.6) is 0 Å². The Bertz CT molecular complexity index is 1520. The monoisotopic (exact) mass is 513 g/mol. The minimum absolute atomic E-state index is 0.357. The standard InChI is InChI=1S/C32H36FN3O2/c33-24-12-16-34(17-13-24)19-23-20-35-14-5-15-36-28-18-22(32(37)38)10-11-26(28)29(21-6-2-1-3-7-21)31(36)27-9-4-8-25(23)30(27)35/h4,8-11,18,20-21,24H,1-3,5-7,12-17,19H2,(H,37,38). The summed E-state index contributed by atoms with van der Waals surface area (Å²) >= 11 is 0. The number of rotatable bonds is 4. The Hall–Kier alpha value is -3.12. The quantitative estimate of drug-likeness (QED) is 0.310. The van der Waals surface area contributed by atoms with Gasteiger partial charge in [-0.2, -0.15) is 0 Å². The van der Waals surface area contributed by atoms with Crippen LogP contribution in [0.15, 0.2) is 42.6 Å². The second-order valence-corrected chi connectivity index (χ2v) is 11.6. The zero-order valence-electron chi connectivity index (χ0n) is 22.0. The topological polar surface area (TPSA) is 50.4 Å². The normalized spacial score (nSPS) is 19.5. The fourth-order valence-electron chi connectivity index (χ4n) is 7.46. The number of carboxylic acid groups (broad SMARTS) is 1. The molecular weight excluding hydrogens is 477 g/mol. The smallest absolute Gasteiger partial charge is 0.335 e. The van der Waals surface area contributed by atoms with Gasteiger partial charge in [-0.3, -0.25) is 4.90 Å². The lowest BCUT2D eigenvalue weighted by Gasteiger charge is -2.28. The van der Waals surface area contributed by atoms with Crippen molar-refractivity contribution in [2.75, 3.05) is 13.1 Å². The fourth-order valence-corrected chi connectivity index (χ4v) is 7.46. The highest BCUT2D eigenvalue weighted by Gasteiger charge is 2.30. The van der Waals surface area contributed by atoms with Crippen LogP contribution < -0.4 is 0 Å². The Morgan fingerprint density at radius 3 is 2.53 bits per heavy atom. The lowest BCUT2D eigenvalue weighted by Crippen LogP contribution is -2.33. The van der Waals surface area contributed by atoms with E-state index in [1.807, 2.05) is 6.07 Å². The number of hydrogen-bond donors (Lipinski definition) is 1. The minimum atomic E-state index is -0.870. The van der Waals surface area contributed by atoms with Crippen molar-refractivity contribution in [3.63, 3.8) is 0 Å². The molecule has 0 amide bonds. The molecule has 2 aromatic heterocycles. The molecule has 0 bridgehead atoms. The van der Waals surface area contributed by atoms with Crippen LogP contribution in [0.4, 0.5) is 4.39 Å². The number of carbonyl (C=O) groups is 1. The molecule has 1 saturated carbocycles. The summed E-state index contributed by atoms with van der Waals surface area (Å²) in [7, 11) is 0. The molecule has 0 radical (unpaired) electrons. The maximum Gasteiger partial charge on any atom is 0.335 e. The maximum atomic E-state index is 13.8. The number of para-hydroxylation sites is 1. The summed E-state index contributed by atoms with van der Waals surface area (Å²) in [5.41, 5.74) is 8.03. The van der Waals surface area contributed by atoms with Gasteiger partial charge in [-0.15, -0.1) is 0 Å². The number of alkyl halides is 1. The summed E-state index contributed by atoms with van der Waals surface area (Å²) in [6, 6.07) is 12.5. The Morgan fingerprint density at radius 1 is 0.921 bits per heavy atom. The minimum Gasteiger partial charge on any atom is -0.478 e. The van der Waals surface area contributed by atoms with Gasteiger partial charge in [0.2, 0.25) is 0 Å². The summed E-state index contributed by atoms with van der Waals surface area (Å²) in [5, 5.41) is 12.3. The number of aryl methyl sites for hydroxylation is 2. The molecule has 0 unspecified atom stereocenters. The summed E-state index contributed by atoms with van der Waals surface area (Å²) < 4.78 is 18.7. The summed E-state index contributed by atoms with van der Waals surface area (Å²) in [6.07, 6.45) is 10.1. The van der Waals surface area contributed by atoms with Crippen molar-refractivity contribution in [3.05, 3.63) is 59.3 Å². The van der Waals surface area contributed by atoms with Crippen LogP contribution in [-0.2, 0) is 19.6 Å². The third-order valence-electron chi connectivity index (χ3n) is 9.29. The van der Waals surface area contributed by atoms with Gasteiger partial charge < -0.3 is 14.2 Å². The van der Waals surface area contributed by atoms with Gasteiger partial charge in [0, 0.05) is 60.8 Å². The van der Waals surface area contributed by atoms with Crippen LogP contribution >= 0.6 is 0 Å². The van der Waals surface area contributed by atoms with Gasteiger partial charge in [0.05, 0.1) is 16.8 Å². The average Bonchev–Trinajstić information content (AvgIpc) is 3.44. The highest BCUT2D eigenvalue weighted by atomic mass is 19.1. The van der Waals surface area contributed by atoms with Crippen LogP contribution in [0.3, 0.4) is 0 Å². The molecule has 2 fully saturated rings. The molecule has 0 atom stereocenters. The second kappa shape index (κ2) is 9.57. The number of fused-ring (bicyclic) bond motifs is 4. The highest BCUT2D eigenvalue weighted by molar-refractivity contribution is 6.03. The number of aromatic carboxylic acids is 1. The van der Waals surface area contributed by atoms with Gasteiger partial charge in [-0.05, 0) is 61.3 Å². The number of carboxylic acids is 1. The van der Waals surface area contributed by atoms with Crippen LogP contribution in [0.25, 0.3) is 33.1 Å². The van der Waals surface area contributed by atoms with Crippen LogP contribution in [0.2, 0.25) is 0 Å². The van der Waals surface area contributed by atoms with E-state index >= 15 is 0 Å². The maximum absolute atomic E-state index is 13.8. The number of benzene rings is 2. The number of likely N-dealkylation sites (tertiary alicyclic amines) is 1. The molecule has 3 aliphatic rings. The summed E-state index contributed by atoms with van der Waals surface area (Å²) in [4.78, 5) is 14.3. The average molecular weight is 514 g/mol. The van der Waals surface area contributed by atoms with Crippen molar-refractivity contribution in [3.8, 4) is 11.3 Å². The van der Waals surface area contributed by atoms with Crippen molar-refractivity contribution in [1.82, 2.24) is 14.0 Å². The molecule has 1 saturated heterocycles. The second-order valence-electron chi connectivity index (χ2n) is 11.6.